The van der Waals surface area contributed by atoms with Crippen LogP contribution in [0.4, 0.5) is 0 Å². The molecular weight excluding hydrogens is 232 g/mol. The zero-order valence-corrected chi connectivity index (χ0v) is 10.1. The van der Waals surface area contributed by atoms with Crippen molar-refractivity contribution in [2.24, 2.45) is 0 Å². The van der Waals surface area contributed by atoms with Crippen LogP contribution in [0.1, 0.15) is 48.0 Å². The molecule has 0 amide bonds. The van der Waals surface area contributed by atoms with E-state index in [4.69, 9.17) is 5.11 Å². The quantitative estimate of drug-likeness (QED) is 0.862. The Bertz CT molecular complexity index is 455. The summed E-state index contributed by atoms with van der Waals surface area (Å²) in [5, 5.41) is 18.3. The number of aliphatic carboxylic acids is 1. The van der Waals surface area contributed by atoms with Crippen LogP contribution in [0, 0.1) is 0 Å². The van der Waals surface area contributed by atoms with Gasteiger partial charge < -0.3 is 10.2 Å². The fraction of sp³-hybridized carbons (Fsp3) is 0.429. The van der Waals surface area contributed by atoms with Crippen LogP contribution in [0.3, 0.4) is 0 Å². The second kappa shape index (κ2) is 4.80. The van der Waals surface area contributed by atoms with Gasteiger partial charge in [0.1, 0.15) is 0 Å². The lowest BCUT2D eigenvalue weighted by Crippen LogP contribution is -2.37. The minimum Gasteiger partial charge on any atom is -0.481 e. The third kappa shape index (κ3) is 2.10. The molecule has 1 aromatic carbocycles. The normalized spacial score (nSPS) is 18.2. The summed E-state index contributed by atoms with van der Waals surface area (Å²) in [6.07, 6.45) is 4.16. The summed E-state index contributed by atoms with van der Waals surface area (Å²) in [5.74, 6) is -1.79. The van der Waals surface area contributed by atoms with Crippen LogP contribution < -0.4 is 0 Å². The fourth-order valence-electron chi connectivity index (χ4n) is 2.71. The van der Waals surface area contributed by atoms with Crippen LogP contribution >= 0.6 is 0 Å². The molecular formula is C14H16O4. The monoisotopic (exact) mass is 248 g/mol. The molecule has 0 radical (unpaired) electrons. The molecule has 4 heteroatoms. The van der Waals surface area contributed by atoms with Crippen LogP contribution in [0.15, 0.2) is 24.3 Å². The second-order valence-electron chi connectivity index (χ2n) is 4.83. The molecule has 0 saturated heterocycles. The molecule has 0 unspecified atom stereocenters. The minimum absolute atomic E-state index is 0.190. The van der Waals surface area contributed by atoms with Gasteiger partial charge in [-0.2, -0.15) is 0 Å². The lowest BCUT2D eigenvalue weighted by Gasteiger charge is -2.33. The highest BCUT2D eigenvalue weighted by Gasteiger charge is 2.41. The van der Waals surface area contributed by atoms with Crippen molar-refractivity contribution in [1.29, 1.82) is 0 Å². The number of carboxylic acid groups (broad SMARTS) is 2. The molecule has 1 aromatic rings. The lowest BCUT2D eigenvalue weighted by molar-refractivity contribution is -0.145. The molecule has 1 saturated carbocycles. The molecule has 2 rings (SSSR count). The first kappa shape index (κ1) is 12.6. The number of aromatic carboxylic acids is 1. The Labute approximate surface area is 105 Å². The summed E-state index contributed by atoms with van der Waals surface area (Å²) in [5.41, 5.74) is 0.0877. The van der Waals surface area contributed by atoms with E-state index in [0.717, 1.165) is 24.8 Å². The van der Waals surface area contributed by atoms with E-state index in [1.54, 1.807) is 12.1 Å². The Kier molecular flexibility index (Phi) is 3.36. The van der Waals surface area contributed by atoms with Crippen LogP contribution in [0.25, 0.3) is 0 Å². The average molecular weight is 248 g/mol. The molecule has 0 atom stereocenters. The highest BCUT2D eigenvalue weighted by atomic mass is 16.4. The van der Waals surface area contributed by atoms with Crippen molar-refractivity contribution >= 4 is 11.9 Å². The number of hydrogen-bond donors (Lipinski definition) is 2. The highest BCUT2D eigenvalue weighted by molar-refractivity contribution is 5.88. The third-order valence-electron chi connectivity index (χ3n) is 3.80. The van der Waals surface area contributed by atoms with Crippen molar-refractivity contribution in [1.82, 2.24) is 0 Å². The van der Waals surface area contributed by atoms with Gasteiger partial charge in [0.2, 0.25) is 0 Å². The van der Waals surface area contributed by atoms with Gasteiger partial charge in [0.05, 0.1) is 11.0 Å². The molecule has 1 aliphatic rings. The lowest BCUT2D eigenvalue weighted by atomic mass is 9.69. The van der Waals surface area contributed by atoms with Crippen molar-refractivity contribution in [3.63, 3.8) is 0 Å². The van der Waals surface area contributed by atoms with E-state index in [0.29, 0.717) is 12.8 Å². The SMILES string of the molecule is O=C(O)c1ccc(C2(C(=O)O)CCCCC2)cc1. The predicted octanol–water partition coefficient (Wildman–Crippen LogP) is 2.67. The maximum Gasteiger partial charge on any atom is 0.335 e. The van der Waals surface area contributed by atoms with E-state index in [-0.39, 0.29) is 5.56 Å². The Balaban J connectivity index is 2.37. The molecule has 2 N–H and O–H groups in total. The maximum atomic E-state index is 11.6. The standard InChI is InChI=1S/C14H16O4/c15-12(16)10-4-6-11(7-5-10)14(13(17)18)8-2-1-3-9-14/h4-7H,1-3,8-9H2,(H,15,16)(H,17,18). The van der Waals surface area contributed by atoms with Gasteiger partial charge in [-0.1, -0.05) is 31.4 Å². The Hall–Kier alpha value is -1.84. The number of carbonyl (C=O) groups is 2. The van der Waals surface area contributed by atoms with E-state index in [1.165, 1.54) is 12.1 Å². The van der Waals surface area contributed by atoms with E-state index in [1.807, 2.05) is 0 Å². The number of benzene rings is 1. The van der Waals surface area contributed by atoms with Crippen molar-refractivity contribution in [3.8, 4) is 0 Å². The zero-order valence-electron chi connectivity index (χ0n) is 10.1. The van der Waals surface area contributed by atoms with Crippen LogP contribution in [0.2, 0.25) is 0 Å². The maximum absolute atomic E-state index is 11.6. The summed E-state index contributed by atoms with van der Waals surface area (Å²) in [4.78, 5) is 22.4. The van der Waals surface area contributed by atoms with Crippen molar-refractivity contribution in [2.75, 3.05) is 0 Å². The number of hydrogen-bond acceptors (Lipinski definition) is 2. The van der Waals surface area contributed by atoms with Crippen LogP contribution in [-0.4, -0.2) is 22.2 Å². The molecule has 0 spiro atoms. The summed E-state index contributed by atoms with van der Waals surface area (Å²) in [6, 6.07) is 6.25. The van der Waals surface area contributed by atoms with Gasteiger partial charge in [0.25, 0.3) is 0 Å². The summed E-state index contributed by atoms with van der Waals surface area (Å²) in [6.45, 7) is 0. The minimum atomic E-state index is -0.991. The first-order chi connectivity index (χ1) is 8.56. The van der Waals surface area contributed by atoms with Gasteiger partial charge >= 0.3 is 11.9 Å². The first-order valence-corrected chi connectivity index (χ1v) is 6.13. The number of rotatable bonds is 3. The third-order valence-corrected chi connectivity index (χ3v) is 3.80. The molecule has 0 heterocycles. The Morgan fingerprint density at radius 3 is 1.94 bits per heavy atom. The van der Waals surface area contributed by atoms with E-state index >= 15 is 0 Å². The smallest absolute Gasteiger partial charge is 0.335 e. The predicted molar refractivity (Wildman–Crippen MR) is 65.8 cm³/mol. The van der Waals surface area contributed by atoms with Crippen LogP contribution in [-0.2, 0) is 10.2 Å². The zero-order chi connectivity index (χ0) is 13.2. The van der Waals surface area contributed by atoms with Gasteiger partial charge in [-0.3, -0.25) is 4.79 Å². The highest BCUT2D eigenvalue weighted by Crippen LogP contribution is 2.39. The molecule has 0 aromatic heterocycles. The second-order valence-corrected chi connectivity index (χ2v) is 4.83. The van der Waals surface area contributed by atoms with E-state index < -0.39 is 17.4 Å². The van der Waals surface area contributed by atoms with Gasteiger partial charge in [-0.15, -0.1) is 0 Å². The number of carboxylic acids is 2. The molecule has 0 bridgehead atoms. The molecule has 1 aliphatic carbocycles. The summed E-state index contributed by atoms with van der Waals surface area (Å²) < 4.78 is 0. The van der Waals surface area contributed by atoms with Gasteiger partial charge in [0, 0.05) is 0 Å². The largest absolute Gasteiger partial charge is 0.481 e. The van der Waals surface area contributed by atoms with E-state index in [2.05, 4.69) is 0 Å². The Morgan fingerprint density at radius 1 is 0.944 bits per heavy atom. The summed E-state index contributed by atoms with van der Waals surface area (Å²) in [7, 11) is 0. The average Bonchev–Trinajstić information content (AvgIpc) is 2.39. The Morgan fingerprint density at radius 2 is 1.50 bits per heavy atom. The molecule has 18 heavy (non-hydrogen) atoms. The fourth-order valence-corrected chi connectivity index (χ4v) is 2.71. The van der Waals surface area contributed by atoms with Crippen molar-refractivity contribution in [2.45, 2.75) is 37.5 Å². The molecule has 96 valence electrons. The first-order valence-electron chi connectivity index (χ1n) is 6.13. The van der Waals surface area contributed by atoms with Crippen molar-refractivity contribution < 1.29 is 19.8 Å². The van der Waals surface area contributed by atoms with Gasteiger partial charge in [-0.25, -0.2) is 4.79 Å². The topological polar surface area (TPSA) is 74.6 Å². The summed E-state index contributed by atoms with van der Waals surface area (Å²) >= 11 is 0. The molecule has 0 aliphatic heterocycles. The molecule has 1 fully saturated rings. The van der Waals surface area contributed by atoms with Gasteiger partial charge in [0.15, 0.2) is 0 Å². The van der Waals surface area contributed by atoms with Crippen LogP contribution in [0.5, 0.6) is 0 Å². The van der Waals surface area contributed by atoms with Gasteiger partial charge in [-0.05, 0) is 30.5 Å². The molecule has 4 nitrogen and oxygen atoms in total. The van der Waals surface area contributed by atoms with Crippen molar-refractivity contribution in [3.05, 3.63) is 35.4 Å². The van der Waals surface area contributed by atoms with E-state index in [9.17, 15) is 14.7 Å².